The molecule has 0 saturated carbocycles. The van der Waals surface area contributed by atoms with Crippen LogP contribution in [0.1, 0.15) is 42.6 Å². The number of aryl methyl sites for hydroxylation is 2. The van der Waals surface area contributed by atoms with Crippen LogP contribution < -0.4 is 0 Å². The molecule has 0 bridgehead atoms. The normalized spacial score (nSPS) is 14.7. The summed E-state index contributed by atoms with van der Waals surface area (Å²) in [5.74, 6) is 0.263. The molecule has 27 heavy (non-hydrogen) atoms. The van der Waals surface area contributed by atoms with E-state index in [2.05, 4.69) is 19.1 Å². The zero-order valence-electron chi connectivity index (χ0n) is 16.1. The fourth-order valence-corrected chi connectivity index (χ4v) is 3.97. The van der Waals surface area contributed by atoms with Crippen LogP contribution in [-0.2, 0) is 11.2 Å². The molecule has 140 valence electrons. The average Bonchev–Trinajstić information content (AvgIpc) is 3.13. The molecule has 0 spiro atoms. The minimum atomic E-state index is 0.263. The van der Waals surface area contributed by atoms with Crippen molar-refractivity contribution in [3.05, 3.63) is 53.3 Å². The van der Waals surface area contributed by atoms with E-state index in [1.54, 1.807) is 0 Å². The highest BCUT2D eigenvalue weighted by Gasteiger charge is 2.18. The average molecular weight is 362 g/mol. The van der Waals surface area contributed by atoms with Crippen molar-refractivity contribution in [2.75, 3.05) is 13.1 Å². The molecule has 3 heterocycles. The first-order valence-corrected chi connectivity index (χ1v) is 9.82. The highest BCUT2D eigenvalue weighted by atomic mass is 16.2. The van der Waals surface area contributed by atoms with Crippen LogP contribution in [0.4, 0.5) is 0 Å². The van der Waals surface area contributed by atoms with Crippen LogP contribution in [0.25, 0.3) is 16.9 Å². The number of likely N-dealkylation sites (tertiary alicyclic amines) is 1. The van der Waals surface area contributed by atoms with Crippen LogP contribution in [0.15, 0.2) is 36.4 Å². The Morgan fingerprint density at radius 2 is 1.81 bits per heavy atom. The fraction of sp³-hybridized carbons (Fsp3) is 0.409. The molecule has 1 saturated heterocycles. The van der Waals surface area contributed by atoms with Crippen molar-refractivity contribution in [1.29, 1.82) is 0 Å². The smallest absolute Gasteiger partial charge is 0.222 e. The van der Waals surface area contributed by atoms with Gasteiger partial charge in [-0.05, 0) is 45.1 Å². The molecule has 0 atom stereocenters. The zero-order valence-corrected chi connectivity index (χ0v) is 16.1. The number of carbonyl (C=O) groups excluding carboxylic acids is 1. The van der Waals surface area contributed by atoms with E-state index in [-0.39, 0.29) is 5.91 Å². The third kappa shape index (κ3) is 3.59. The second-order valence-corrected chi connectivity index (χ2v) is 7.37. The van der Waals surface area contributed by atoms with Crippen molar-refractivity contribution < 1.29 is 4.79 Å². The van der Waals surface area contributed by atoms with Gasteiger partial charge in [0.2, 0.25) is 5.91 Å². The van der Waals surface area contributed by atoms with Crippen molar-refractivity contribution in [3.8, 4) is 11.3 Å². The molecule has 1 aliphatic rings. The van der Waals surface area contributed by atoms with Crippen LogP contribution >= 0.6 is 0 Å². The summed E-state index contributed by atoms with van der Waals surface area (Å²) < 4.78 is 1.91. The lowest BCUT2D eigenvalue weighted by molar-refractivity contribution is -0.132. The van der Waals surface area contributed by atoms with E-state index in [4.69, 9.17) is 10.1 Å². The summed E-state index contributed by atoms with van der Waals surface area (Å²) in [6, 6.07) is 12.2. The Morgan fingerprint density at radius 3 is 2.56 bits per heavy atom. The van der Waals surface area contributed by atoms with Gasteiger partial charge in [-0.15, -0.1) is 0 Å². The number of piperidine rings is 1. The summed E-state index contributed by atoms with van der Waals surface area (Å²) in [6.07, 6.45) is 4.77. The molecule has 1 aliphatic heterocycles. The minimum absolute atomic E-state index is 0.263. The van der Waals surface area contributed by atoms with Crippen LogP contribution in [0.3, 0.4) is 0 Å². The maximum Gasteiger partial charge on any atom is 0.222 e. The second kappa shape index (κ2) is 7.51. The molecular weight excluding hydrogens is 336 g/mol. The SMILES string of the molecule is Cc1nc2cc(-c3ccccc3)nn2c(C)c1CCC(=O)N1CCCCC1. The van der Waals surface area contributed by atoms with Gasteiger partial charge in [-0.25, -0.2) is 9.50 Å². The summed E-state index contributed by atoms with van der Waals surface area (Å²) in [5, 5.41) is 4.76. The number of rotatable bonds is 4. The number of carbonyl (C=O) groups is 1. The lowest BCUT2D eigenvalue weighted by Gasteiger charge is -2.26. The predicted octanol–water partition coefficient (Wildman–Crippen LogP) is 3.96. The van der Waals surface area contributed by atoms with E-state index in [1.807, 2.05) is 40.6 Å². The summed E-state index contributed by atoms with van der Waals surface area (Å²) in [6.45, 7) is 5.93. The number of hydrogen-bond acceptors (Lipinski definition) is 3. The quantitative estimate of drug-likeness (QED) is 0.706. The maximum atomic E-state index is 12.5. The van der Waals surface area contributed by atoms with Crippen molar-refractivity contribution >= 4 is 11.6 Å². The molecule has 5 heteroatoms. The summed E-state index contributed by atoms with van der Waals surface area (Å²) >= 11 is 0. The van der Waals surface area contributed by atoms with Gasteiger partial charge in [-0.3, -0.25) is 4.79 Å². The Hall–Kier alpha value is -2.69. The van der Waals surface area contributed by atoms with Gasteiger partial charge >= 0.3 is 0 Å². The summed E-state index contributed by atoms with van der Waals surface area (Å²) in [4.78, 5) is 19.3. The highest BCUT2D eigenvalue weighted by Crippen LogP contribution is 2.23. The largest absolute Gasteiger partial charge is 0.343 e. The lowest BCUT2D eigenvalue weighted by Crippen LogP contribution is -2.35. The standard InChI is InChI=1S/C22H26N4O/c1-16-19(11-12-22(27)25-13-7-4-8-14-25)17(2)26-21(23-16)15-20(24-26)18-9-5-3-6-10-18/h3,5-6,9-10,15H,4,7-8,11-14H2,1-2H3. The van der Waals surface area contributed by atoms with Gasteiger partial charge in [-0.2, -0.15) is 5.10 Å². The molecule has 1 aromatic carbocycles. The van der Waals surface area contributed by atoms with Gasteiger partial charge in [0.05, 0.1) is 5.69 Å². The summed E-state index contributed by atoms with van der Waals surface area (Å²) in [7, 11) is 0. The number of nitrogens with zero attached hydrogens (tertiary/aromatic N) is 4. The van der Waals surface area contributed by atoms with Gasteiger partial charge in [0.25, 0.3) is 0 Å². The molecule has 0 radical (unpaired) electrons. The van der Waals surface area contributed by atoms with Gasteiger partial charge < -0.3 is 4.90 Å². The minimum Gasteiger partial charge on any atom is -0.343 e. The van der Waals surface area contributed by atoms with Crippen LogP contribution in [0, 0.1) is 13.8 Å². The van der Waals surface area contributed by atoms with E-state index < -0.39 is 0 Å². The molecule has 0 unspecified atom stereocenters. The predicted molar refractivity (Wildman–Crippen MR) is 107 cm³/mol. The topological polar surface area (TPSA) is 50.5 Å². The van der Waals surface area contributed by atoms with Gasteiger partial charge in [0.15, 0.2) is 5.65 Å². The highest BCUT2D eigenvalue weighted by molar-refractivity contribution is 5.76. The monoisotopic (exact) mass is 362 g/mol. The molecule has 2 aromatic heterocycles. The summed E-state index contributed by atoms with van der Waals surface area (Å²) in [5.41, 5.74) is 6.07. The molecule has 3 aromatic rings. The number of fused-ring (bicyclic) bond motifs is 1. The van der Waals surface area contributed by atoms with Crippen molar-refractivity contribution in [1.82, 2.24) is 19.5 Å². The van der Waals surface area contributed by atoms with Gasteiger partial charge in [-0.1, -0.05) is 30.3 Å². The number of amides is 1. The molecule has 1 amide bonds. The van der Waals surface area contributed by atoms with E-state index in [0.29, 0.717) is 6.42 Å². The zero-order chi connectivity index (χ0) is 18.8. The Balaban J connectivity index is 1.58. The van der Waals surface area contributed by atoms with Crippen molar-refractivity contribution in [2.24, 2.45) is 0 Å². The number of hydrogen-bond donors (Lipinski definition) is 0. The molecule has 0 aliphatic carbocycles. The molecule has 0 N–H and O–H groups in total. The Labute approximate surface area is 160 Å². The van der Waals surface area contributed by atoms with Gasteiger partial charge in [0.1, 0.15) is 0 Å². The molecule has 1 fully saturated rings. The van der Waals surface area contributed by atoms with E-state index in [1.165, 1.54) is 6.42 Å². The maximum absolute atomic E-state index is 12.5. The fourth-order valence-electron chi connectivity index (χ4n) is 3.97. The molecule has 5 nitrogen and oxygen atoms in total. The first-order chi connectivity index (χ1) is 13.1. The van der Waals surface area contributed by atoms with Gasteiger partial charge in [0, 0.05) is 42.5 Å². The third-order valence-electron chi connectivity index (χ3n) is 5.53. The number of aromatic nitrogens is 3. The van der Waals surface area contributed by atoms with E-state index in [0.717, 1.165) is 66.2 Å². The van der Waals surface area contributed by atoms with E-state index >= 15 is 0 Å². The van der Waals surface area contributed by atoms with E-state index in [9.17, 15) is 4.79 Å². The molecular formula is C22H26N4O. The third-order valence-corrected chi connectivity index (χ3v) is 5.53. The number of benzene rings is 1. The first-order valence-electron chi connectivity index (χ1n) is 9.82. The Bertz CT molecular complexity index is 955. The van der Waals surface area contributed by atoms with Crippen LogP contribution in [0.5, 0.6) is 0 Å². The Morgan fingerprint density at radius 1 is 1.07 bits per heavy atom. The first kappa shape index (κ1) is 17.7. The van der Waals surface area contributed by atoms with Crippen molar-refractivity contribution in [3.63, 3.8) is 0 Å². The van der Waals surface area contributed by atoms with Crippen LogP contribution in [-0.4, -0.2) is 38.5 Å². The molecule has 4 rings (SSSR count). The lowest BCUT2D eigenvalue weighted by atomic mass is 10.0. The van der Waals surface area contributed by atoms with Crippen molar-refractivity contribution in [2.45, 2.75) is 46.0 Å². The Kier molecular flexibility index (Phi) is 4.92. The van der Waals surface area contributed by atoms with Crippen LogP contribution in [0.2, 0.25) is 0 Å². The second-order valence-electron chi connectivity index (χ2n) is 7.37.